The van der Waals surface area contributed by atoms with Crippen molar-refractivity contribution >= 4 is 34.4 Å². The molecule has 3 unspecified atom stereocenters. The van der Waals surface area contributed by atoms with Crippen LogP contribution in [0.3, 0.4) is 0 Å². The summed E-state index contributed by atoms with van der Waals surface area (Å²) >= 11 is 6.15. The molecule has 1 aliphatic rings. The summed E-state index contributed by atoms with van der Waals surface area (Å²) in [6, 6.07) is 5.18. The van der Waals surface area contributed by atoms with Crippen molar-refractivity contribution in [3.63, 3.8) is 0 Å². The lowest BCUT2D eigenvalue weighted by Crippen LogP contribution is -2.29. The Labute approximate surface area is 160 Å². The number of aromatic nitrogens is 4. The molecule has 1 fully saturated rings. The molecule has 8 nitrogen and oxygen atoms in total. The number of nitrogens with zero attached hydrogens (tertiary/aromatic N) is 3. The number of hydrogen-bond acceptors (Lipinski definition) is 6. The Morgan fingerprint density at radius 3 is 2.93 bits per heavy atom. The molecule has 4 rings (SSSR count). The van der Waals surface area contributed by atoms with Crippen molar-refractivity contribution in [1.82, 2.24) is 20.6 Å². The summed E-state index contributed by atoms with van der Waals surface area (Å²) < 4.78 is 12.0. The van der Waals surface area contributed by atoms with E-state index >= 15 is 0 Å². The monoisotopic (exact) mass is 389 g/mol. The molecule has 0 radical (unpaired) electrons. The zero-order valence-corrected chi connectivity index (χ0v) is 15.8. The van der Waals surface area contributed by atoms with Gasteiger partial charge >= 0.3 is 0 Å². The summed E-state index contributed by atoms with van der Waals surface area (Å²) in [5.41, 5.74) is 0.532. The van der Waals surface area contributed by atoms with Gasteiger partial charge in [0.05, 0.1) is 11.5 Å². The minimum absolute atomic E-state index is 0.0210. The van der Waals surface area contributed by atoms with Crippen LogP contribution in [-0.4, -0.2) is 32.6 Å². The van der Waals surface area contributed by atoms with Crippen LogP contribution in [0.15, 0.2) is 22.6 Å². The van der Waals surface area contributed by atoms with E-state index in [1.807, 2.05) is 0 Å². The van der Waals surface area contributed by atoms with Crippen LogP contribution in [0.4, 0.5) is 5.95 Å². The van der Waals surface area contributed by atoms with Crippen molar-refractivity contribution in [2.45, 2.75) is 39.2 Å². The molecule has 0 saturated heterocycles. The molecule has 1 saturated carbocycles. The largest absolute Gasteiger partial charge is 0.485 e. The second-order valence-electron chi connectivity index (χ2n) is 7.10. The van der Waals surface area contributed by atoms with Gasteiger partial charge in [0, 0.05) is 5.02 Å². The Bertz CT molecular complexity index is 955. The zero-order chi connectivity index (χ0) is 19.0. The molecular weight excluding hydrogens is 370 g/mol. The number of fused-ring (bicyclic) bond motifs is 1. The van der Waals surface area contributed by atoms with Crippen molar-refractivity contribution in [2.24, 2.45) is 11.8 Å². The Balaban J connectivity index is 1.68. The second kappa shape index (κ2) is 7.19. The fourth-order valence-corrected chi connectivity index (χ4v) is 3.63. The van der Waals surface area contributed by atoms with Crippen molar-refractivity contribution in [2.75, 3.05) is 5.32 Å². The van der Waals surface area contributed by atoms with Crippen LogP contribution < -0.4 is 10.1 Å². The van der Waals surface area contributed by atoms with Crippen molar-refractivity contribution in [3.05, 3.63) is 29.0 Å². The third-order valence-corrected chi connectivity index (χ3v) is 5.45. The van der Waals surface area contributed by atoms with Crippen LogP contribution in [-0.2, 0) is 0 Å². The lowest BCUT2D eigenvalue weighted by atomic mass is 9.80. The van der Waals surface area contributed by atoms with E-state index in [1.54, 1.807) is 18.2 Å². The second-order valence-corrected chi connectivity index (χ2v) is 7.53. The Kier molecular flexibility index (Phi) is 4.73. The SMILES string of the molecule is CC1CCC(Oc2c(C(=O)Nc3nn[nH]n3)oc3ccc(Cl)cc23)CC1C. The number of carbonyl (C=O) groups excluding carboxylic acids is 1. The number of tetrazole rings is 1. The number of H-pyrrole nitrogens is 1. The number of ether oxygens (including phenoxy) is 1. The maximum absolute atomic E-state index is 12.7. The molecule has 1 aromatic carbocycles. The van der Waals surface area contributed by atoms with Crippen LogP contribution >= 0.6 is 11.6 Å². The zero-order valence-electron chi connectivity index (χ0n) is 15.0. The van der Waals surface area contributed by atoms with Crippen LogP contribution in [0.2, 0.25) is 5.02 Å². The molecule has 0 bridgehead atoms. The van der Waals surface area contributed by atoms with Gasteiger partial charge in [-0.3, -0.25) is 10.1 Å². The number of carbonyl (C=O) groups is 1. The molecule has 0 aliphatic heterocycles. The number of amides is 1. The average molecular weight is 390 g/mol. The van der Waals surface area contributed by atoms with Gasteiger partial charge in [-0.2, -0.15) is 5.21 Å². The standard InChI is InChI=1S/C18H20ClN5O3/c1-9-3-5-12(7-10(9)2)26-15-13-8-11(19)4-6-14(13)27-16(15)17(25)20-18-21-23-24-22-18/h4,6,8-10,12H,3,5,7H2,1-2H3,(H2,20,21,22,23,24,25). The molecule has 2 N–H and O–H groups in total. The topological polar surface area (TPSA) is 106 Å². The number of anilines is 1. The summed E-state index contributed by atoms with van der Waals surface area (Å²) in [5, 5.41) is 16.9. The number of rotatable bonds is 4. The van der Waals surface area contributed by atoms with E-state index in [2.05, 4.69) is 39.8 Å². The first-order valence-electron chi connectivity index (χ1n) is 8.94. The molecule has 2 heterocycles. The molecule has 27 heavy (non-hydrogen) atoms. The van der Waals surface area contributed by atoms with E-state index in [0.29, 0.717) is 33.6 Å². The smallest absolute Gasteiger partial charge is 0.297 e. The summed E-state index contributed by atoms with van der Waals surface area (Å²) in [5.74, 6) is 1.26. The molecule has 142 valence electrons. The molecule has 1 amide bonds. The normalized spacial score (nSPS) is 22.7. The fraction of sp³-hybridized carbons (Fsp3) is 0.444. The van der Waals surface area contributed by atoms with Crippen LogP contribution in [0, 0.1) is 11.8 Å². The number of halogens is 1. The van der Waals surface area contributed by atoms with Gasteiger partial charge in [-0.1, -0.05) is 30.5 Å². The predicted octanol–water partition coefficient (Wildman–Crippen LogP) is 4.06. The Morgan fingerprint density at radius 2 is 2.19 bits per heavy atom. The van der Waals surface area contributed by atoms with E-state index in [4.69, 9.17) is 20.8 Å². The highest BCUT2D eigenvalue weighted by molar-refractivity contribution is 6.31. The Morgan fingerprint density at radius 1 is 1.33 bits per heavy atom. The molecule has 3 atom stereocenters. The minimum Gasteiger partial charge on any atom is -0.485 e. The number of hydrogen-bond donors (Lipinski definition) is 2. The van der Waals surface area contributed by atoms with Crippen molar-refractivity contribution < 1.29 is 13.9 Å². The highest BCUT2D eigenvalue weighted by Crippen LogP contribution is 2.39. The molecule has 1 aliphatic carbocycles. The van der Waals surface area contributed by atoms with Gasteiger partial charge in [0.25, 0.3) is 11.9 Å². The summed E-state index contributed by atoms with van der Waals surface area (Å²) in [4.78, 5) is 12.7. The van der Waals surface area contributed by atoms with Gasteiger partial charge in [0.15, 0.2) is 5.75 Å². The molecule has 2 aromatic heterocycles. The summed E-state index contributed by atoms with van der Waals surface area (Å²) in [6.07, 6.45) is 2.98. The summed E-state index contributed by atoms with van der Waals surface area (Å²) in [6.45, 7) is 4.49. The minimum atomic E-state index is -0.504. The predicted molar refractivity (Wildman–Crippen MR) is 99.9 cm³/mol. The first-order valence-corrected chi connectivity index (χ1v) is 9.32. The third-order valence-electron chi connectivity index (χ3n) is 5.22. The van der Waals surface area contributed by atoms with Gasteiger partial charge in [-0.25, -0.2) is 0 Å². The van der Waals surface area contributed by atoms with Crippen LogP contribution in [0.5, 0.6) is 5.75 Å². The van der Waals surface area contributed by atoms with Gasteiger partial charge in [-0.15, -0.1) is 5.10 Å². The lowest BCUT2D eigenvalue weighted by Gasteiger charge is -2.32. The molecular formula is C18H20ClN5O3. The highest BCUT2D eigenvalue weighted by atomic mass is 35.5. The van der Waals surface area contributed by atoms with E-state index in [0.717, 1.165) is 19.3 Å². The molecule has 9 heteroatoms. The van der Waals surface area contributed by atoms with Crippen LogP contribution in [0.25, 0.3) is 11.0 Å². The van der Waals surface area contributed by atoms with Gasteiger partial charge in [0.1, 0.15) is 5.58 Å². The van der Waals surface area contributed by atoms with Gasteiger partial charge in [0.2, 0.25) is 5.76 Å². The maximum atomic E-state index is 12.7. The van der Waals surface area contributed by atoms with Gasteiger partial charge < -0.3 is 9.15 Å². The maximum Gasteiger partial charge on any atom is 0.297 e. The van der Waals surface area contributed by atoms with E-state index < -0.39 is 5.91 Å². The molecule has 0 spiro atoms. The van der Waals surface area contributed by atoms with Crippen molar-refractivity contribution in [3.8, 4) is 5.75 Å². The quantitative estimate of drug-likeness (QED) is 0.697. The average Bonchev–Trinajstić information content (AvgIpc) is 3.26. The third kappa shape index (κ3) is 3.62. The van der Waals surface area contributed by atoms with E-state index in [-0.39, 0.29) is 17.8 Å². The Hall–Kier alpha value is -2.61. The van der Waals surface area contributed by atoms with Crippen molar-refractivity contribution in [1.29, 1.82) is 0 Å². The summed E-state index contributed by atoms with van der Waals surface area (Å²) in [7, 11) is 0. The number of aromatic amines is 1. The first-order chi connectivity index (χ1) is 13.0. The fourth-order valence-electron chi connectivity index (χ4n) is 3.46. The number of furan rings is 1. The van der Waals surface area contributed by atoms with E-state index in [9.17, 15) is 4.79 Å². The number of benzene rings is 1. The lowest BCUT2D eigenvalue weighted by molar-refractivity contribution is 0.0920. The number of nitrogens with one attached hydrogen (secondary N) is 2. The first kappa shape index (κ1) is 17.8. The van der Waals surface area contributed by atoms with E-state index in [1.165, 1.54) is 0 Å². The van der Waals surface area contributed by atoms with Crippen LogP contribution in [0.1, 0.15) is 43.7 Å². The highest BCUT2D eigenvalue weighted by Gasteiger charge is 2.30. The van der Waals surface area contributed by atoms with Gasteiger partial charge in [-0.05, 0) is 54.5 Å². The molecule has 3 aromatic rings.